The number of unbranched alkanes of at least 4 members (excludes halogenated alkanes) is 3. The highest BCUT2D eigenvalue weighted by atomic mass is 31.2. The highest BCUT2D eigenvalue weighted by Crippen LogP contribution is 2.53. The molecular weight excluding hydrogens is 359 g/mol. The van der Waals surface area contributed by atoms with Gasteiger partial charge in [0.2, 0.25) is 0 Å². The summed E-state index contributed by atoms with van der Waals surface area (Å²) in [5, 5.41) is 0. The quantitative estimate of drug-likeness (QED) is 0.168. The van der Waals surface area contributed by atoms with Gasteiger partial charge in [0.15, 0.2) is 18.9 Å². The van der Waals surface area contributed by atoms with E-state index in [4.69, 9.17) is 27.8 Å². The van der Waals surface area contributed by atoms with Gasteiger partial charge in [0.25, 0.3) is 0 Å². The molecule has 3 atom stereocenters. The monoisotopic (exact) mass is 398 g/mol. The fraction of sp³-hybridized carbons (Fsp3) is 1.00. The van der Waals surface area contributed by atoms with E-state index in [-0.39, 0.29) is 0 Å². The lowest BCUT2D eigenvalue weighted by molar-refractivity contribution is -0.148. The normalized spacial score (nSPS) is 17.6. The van der Waals surface area contributed by atoms with Crippen LogP contribution in [-0.2, 0) is 32.3 Å². The van der Waals surface area contributed by atoms with Crippen molar-refractivity contribution in [3.63, 3.8) is 0 Å². The smallest absolute Gasteiger partial charge is 0.352 e. The SMILES string of the molecule is CCCCOC(C)OP(=O)(OC(C)OCCCC)OC(C)OCCCC. The largest absolute Gasteiger partial charge is 0.481 e. The summed E-state index contributed by atoms with van der Waals surface area (Å²) >= 11 is 0. The molecule has 7 nitrogen and oxygen atoms in total. The van der Waals surface area contributed by atoms with Crippen molar-refractivity contribution >= 4 is 7.82 Å². The zero-order valence-corrected chi connectivity index (χ0v) is 18.3. The minimum atomic E-state index is -3.91. The third-order valence-corrected chi connectivity index (χ3v) is 5.05. The van der Waals surface area contributed by atoms with Crippen LogP contribution in [0.15, 0.2) is 0 Å². The maximum Gasteiger partial charge on any atom is 0.481 e. The highest BCUT2D eigenvalue weighted by molar-refractivity contribution is 7.48. The number of phosphoric acid groups is 1. The van der Waals surface area contributed by atoms with E-state index in [0.717, 1.165) is 38.5 Å². The second kappa shape index (κ2) is 16.0. The van der Waals surface area contributed by atoms with Gasteiger partial charge in [-0.05, 0) is 40.0 Å². The lowest BCUT2D eigenvalue weighted by Gasteiger charge is -2.26. The predicted molar refractivity (Wildman–Crippen MR) is 102 cm³/mol. The van der Waals surface area contributed by atoms with E-state index in [9.17, 15) is 4.57 Å². The molecule has 0 aliphatic rings. The van der Waals surface area contributed by atoms with Crippen molar-refractivity contribution in [2.75, 3.05) is 19.8 Å². The van der Waals surface area contributed by atoms with Gasteiger partial charge in [-0.2, -0.15) is 0 Å². The van der Waals surface area contributed by atoms with E-state index in [0.29, 0.717) is 19.8 Å². The van der Waals surface area contributed by atoms with Crippen LogP contribution < -0.4 is 0 Å². The molecule has 0 amide bonds. The lowest BCUT2D eigenvalue weighted by atomic mass is 10.4. The predicted octanol–water partition coefficient (Wildman–Crippen LogP) is 5.63. The maximum atomic E-state index is 13.0. The van der Waals surface area contributed by atoms with E-state index in [1.54, 1.807) is 20.8 Å². The molecule has 0 bridgehead atoms. The van der Waals surface area contributed by atoms with E-state index in [2.05, 4.69) is 20.8 Å². The molecular formula is C18H39O7P. The van der Waals surface area contributed by atoms with Crippen molar-refractivity contribution in [3.05, 3.63) is 0 Å². The van der Waals surface area contributed by atoms with Crippen LogP contribution >= 0.6 is 7.82 Å². The molecule has 0 heterocycles. The zero-order chi connectivity index (χ0) is 19.8. The Hall–Kier alpha value is -0.0100. The van der Waals surface area contributed by atoms with E-state index >= 15 is 0 Å². The van der Waals surface area contributed by atoms with Crippen molar-refractivity contribution in [2.24, 2.45) is 0 Å². The van der Waals surface area contributed by atoms with Crippen LogP contribution in [0.3, 0.4) is 0 Å². The second-order valence-corrected chi connectivity index (χ2v) is 7.67. The minimum Gasteiger partial charge on any atom is -0.352 e. The standard InChI is InChI=1S/C18H39O7P/c1-7-10-13-20-16(4)23-26(19,24-17(5)21-14-11-8-2)25-18(6)22-15-12-9-3/h16-18H,7-15H2,1-6H3. The molecule has 158 valence electrons. The molecule has 0 aromatic heterocycles. The van der Waals surface area contributed by atoms with E-state index in [1.807, 2.05) is 0 Å². The van der Waals surface area contributed by atoms with Crippen molar-refractivity contribution in [2.45, 2.75) is 98.9 Å². The van der Waals surface area contributed by atoms with Gasteiger partial charge in [0, 0.05) is 19.8 Å². The Morgan fingerprint density at radius 1 is 0.615 bits per heavy atom. The second-order valence-electron chi connectivity index (χ2n) is 6.14. The first-order valence-corrected chi connectivity index (χ1v) is 11.3. The summed E-state index contributed by atoms with van der Waals surface area (Å²) in [6.45, 7) is 12.7. The molecule has 0 aliphatic heterocycles. The van der Waals surface area contributed by atoms with Gasteiger partial charge in [0.1, 0.15) is 0 Å². The fourth-order valence-electron chi connectivity index (χ4n) is 1.89. The molecule has 0 rings (SSSR count). The summed E-state index contributed by atoms with van der Waals surface area (Å²) in [6, 6.07) is 0. The van der Waals surface area contributed by atoms with Crippen LogP contribution in [0.2, 0.25) is 0 Å². The Balaban J connectivity index is 4.69. The van der Waals surface area contributed by atoms with Crippen LogP contribution in [0.25, 0.3) is 0 Å². The summed E-state index contributed by atoms with van der Waals surface area (Å²) < 4.78 is 45.9. The summed E-state index contributed by atoms with van der Waals surface area (Å²) in [7, 11) is -3.91. The van der Waals surface area contributed by atoms with Crippen LogP contribution in [0, 0.1) is 0 Å². The van der Waals surface area contributed by atoms with Gasteiger partial charge in [-0.3, -0.25) is 13.6 Å². The number of ether oxygens (including phenoxy) is 3. The molecule has 26 heavy (non-hydrogen) atoms. The fourth-order valence-corrected chi connectivity index (χ4v) is 3.31. The van der Waals surface area contributed by atoms with Crippen molar-refractivity contribution in [1.82, 2.24) is 0 Å². The highest BCUT2D eigenvalue weighted by Gasteiger charge is 2.35. The topological polar surface area (TPSA) is 72.5 Å². The van der Waals surface area contributed by atoms with Gasteiger partial charge >= 0.3 is 7.82 Å². The lowest BCUT2D eigenvalue weighted by Crippen LogP contribution is -2.22. The molecule has 0 aromatic rings. The molecule has 3 unspecified atom stereocenters. The van der Waals surface area contributed by atoms with Crippen LogP contribution in [0.5, 0.6) is 0 Å². The minimum absolute atomic E-state index is 0.517. The van der Waals surface area contributed by atoms with Crippen LogP contribution in [0.4, 0.5) is 0 Å². The number of hydrogen-bond donors (Lipinski definition) is 0. The zero-order valence-electron chi connectivity index (χ0n) is 17.4. The third kappa shape index (κ3) is 14.1. The molecule has 0 spiro atoms. The summed E-state index contributed by atoms with van der Waals surface area (Å²) in [4.78, 5) is 0. The van der Waals surface area contributed by atoms with Gasteiger partial charge in [-0.25, -0.2) is 4.57 Å². The Labute approximate surface area is 159 Å². The average molecular weight is 398 g/mol. The summed E-state index contributed by atoms with van der Waals surface area (Å²) in [5.41, 5.74) is 0. The molecule has 0 saturated heterocycles. The number of hydrogen-bond acceptors (Lipinski definition) is 7. The van der Waals surface area contributed by atoms with Gasteiger partial charge in [-0.1, -0.05) is 40.0 Å². The van der Waals surface area contributed by atoms with Crippen LogP contribution in [-0.4, -0.2) is 38.7 Å². The van der Waals surface area contributed by atoms with Crippen molar-refractivity contribution in [3.8, 4) is 0 Å². The first-order valence-electron chi connectivity index (χ1n) is 9.86. The van der Waals surface area contributed by atoms with E-state index < -0.39 is 26.7 Å². The average Bonchev–Trinajstić information content (AvgIpc) is 2.55. The Bertz CT molecular complexity index is 315. The molecule has 0 radical (unpaired) electrons. The Morgan fingerprint density at radius 2 is 0.885 bits per heavy atom. The maximum absolute atomic E-state index is 13.0. The third-order valence-electron chi connectivity index (χ3n) is 3.38. The van der Waals surface area contributed by atoms with Crippen molar-refractivity contribution < 1.29 is 32.3 Å². The van der Waals surface area contributed by atoms with Gasteiger partial charge in [-0.15, -0.1) is 0 Å². The van der Waals surface area contributed by atoms with Crippen LogP contribution in [0.1, 0.15) is 80.1 Å². The Morgan fingerprint density at radius 3 is 1.12 bits per heavy atom. The number of phosphoric ester groups is 1. The molecule has 0 aliphatic carbocycles. The first-order chi connectivity index (χ1) is 12.4. The molecule has 0 aromatic carbocycles. The molecule has 0 saturated carbocycles. The first kappa shape index (κ1) is 26.0. The molecule has 0 fully saturated rings. The van der Waals surface area contributed by atoms with Gasteiger partial charge in [0.05, 0.1) is 0 Å². The Kier molecular flexibility index (Phi) is 16.0. The van der Waals surface area contributed by atoms with Gasteiger partial charge < -0.3 is 14.2 Å². The number of rotatable bonds is 18. The van der Waals surface area contributed by atoms with Crippen molar-refractivity contribution in [1.29, 1.82) is 0 Å². The molecule has 0 N–H and O–H groups in total. The summed E-state index contributed by atoms with van der Waals surface area (Å²) in [5.74, 6) is 0. The molecule has 8 heteroatoms. The van der Waals surface area contributed by atoms with E-state index in [1.165, 1.54) is 0 Å². The summed E-state index contributed by atoms with van der Waals surface area (Å²) in [6.07, 6.45) is 3.52.